The topological polar surface area (TPSA) is 120 Å². The number of nitrogens with zero attached hydrogens (tertiary/aromatic N) is 5. The number of pyridine rings is 1. The van der Waals surface area contributed by atoms with Crippen molar-refractivity contribution in [3.63, 3.8) is 0 Å². The predicted octanol–water partition coefficient (Wildman–Crippen LogP) is 4.04. The highest BCUT2D eigenvalue weighted by atomic mass is 19.4. The Morgan fingerprint density at radius 3 is 2.54 bits per heavy atom. The van der Waals surface area contributed by atoms with Crippen molar-refractivity contribution in [1.82, 2.24) is 24.4 Å². The summed E-state index contributed by atoms with van der Waals surface area (Å²) in [6.45, 7) is 2.05. The van der Waals surface area contributed by atoms with Crippen molar-refractivity contribution in [3.8, 4) is 22.4 Å². The number of halogens is 3. The molecule has 9 nitrogen and oxygen atoms in total. The Kier molecular flexibility index (Phi) is 5.71. The highest BCUT2D eigenvalue weighted by Crippen LogP contribution is 2.37. The quantitative estimate of drug-likeness (QED) is 0.348. The monoisotopic (exact) mass is 505 g/mol. The first-order valence-electron chi connectivity index (χ1n) is 10.9. The van der Waals surface area contributed by atoms with Crippen molar-refractivity contribution in [2.24, 2.45) is 0 Å². The van der Waals surface area contributed by atoms with E-state index < -0.39 is 18.3 Å². The van der Waals surface area contributed by atoms with Crippen LogP contribution in [-0.2, 0) is 11.3 Å². The number of fused-ring (bicyclic) bond motifs is 2. The van der Waals surface area contributed by atoms with E-state index in [4.69, 9.17) is 5.73 Å². The largest absolute Gasteiger partial charge is 0.406 e. The van der Waals surface area contributed by atoms with Gasteiger partial charge in [0.05, 0.1) is 0 Å². The number of benzene rings is 2. The number of hydrogen-bond acceptors (Lipinski definition) is 6. The summed E-state index contributed by atoms with van der Waals surface area (Å²) in [5.41, 5.74) is 8.75. The van der Waals surface area contributed by atoms with E-state index in [9.17, 15) is 22.8 Å². The first-order valence-corrected chi connectivity index (χ1v) is 10.9. The minimum absolute atomic E-state index is 0.139. The summed E-state index contributed by atoms with van der Waals surface area (Å²) in [6.07, 6.45) is -0.981. The first-order chi connectivity index (χ1) is 17.6. The lowest BCUT2D eigenvalue weighted by atomic mass is 9.97. The van der Waals surface area contributed by atoms with Crippen LogP contribution in [-0.4, -0.2) is 36.5 Å². The molecular formula is C25H18F3N7O2. The molecule has 0 unspecified atom stereocenters. The molecule has 0 aliphatic rings. The van der Waals surface area contributed by atoms with Crippen LogP contribution >= 0.6 is 0 Å². The second kappa shape index (κ2) is 8.90. The molecule has 0 saturated carbocycles. The lowest BCUT2D eigenvalue weighted by Crippen LogP contribution is -2.27. The average molecular weight is 505 g/mol. The number of rotatable bonds is 5. The maximum atomic E-state index is 12.9. The molecular weight excluding hydrogens is 487 g/mol. The first kappa shape index (κ1) is 23.7. The number of nitrogen functional groups attached to an aromatic ring is 1. The fourth-order valence-corrected chi connectivity index (χ4v) is 4.06. The Labute approximate surface area is 206 Å². The summed E-state index contributed by atoms with van der Waals surface area (Å²) in [5, 5.41) is 12.0. The van der Waals surface area contributed by atoms with Gasteiger partial charge in [-0.3, -0.25) is 9.59 Å². The molecule has 0 aliphatic carbocycles. The van der Waals surface area contributed by atoms with Gasteiger partial charge in [0, 0.05) is 28.4 Å². The Bertz CT molecular complexity index is 1740. The van der Waals surface area contributed by atoms with Crippen molar-refractivity contribution in [2.45, 2.75) is 12.7 Å². The van der Waals surface area contributed by atoms with Gasteiger partial charge in [0.1, 0.15) is 24.1 Å². The number of amides is 1. The zero-order valence-electron chi connectivity index (χ0n) is 19.0. The summed E-state index contributed by atoms with van der Waals surface area (Å²) < 4.78 is 40.5. The zero-order chi connectivity index (χ0) is 26.3. The maximum absolute atomic E-state index is 12.9. The fourth-order valence-electron chi connectivity index (χ4n) is 4.06. The van der Waals surface area contributed by atoms with E-state index in [1.54, 1.807) is 36.4 Å². The number of carbonyl (C=O) groups excluding carboxylic acids is 1. The average Bonchev–Trinajstić information content (AvgIpc) is 3.26. The van der Waals surface area contributed by atoms with Crippen LogP contribution in [0.4, 0.5) is 24.7 Å². The molecule has 186 valence electrons. The third-order valence-electron chi connectivity index (χ3n) is 5.70. The normalized spacial score (nSPS) is 11.6. The summed E-state index contributed by atoms with van der Waals surface area (Å²) >= 11 is 0. The number of anilines is 2. The second-order valence-electron chi connectivity index (χ2n) is 8.14. The maximum Gasteiger partial charge on any atom is 0.406 e. The van der Waals surface area contributed by atoms with Crippen molar-refractivity contribution >= 4 is 33.7 Å². The van der Waals surface area contributed by atoms with E-state index in [0.29, 0.717) is 43.5 Å². The predicted molar refractivity (Wildman–Crippen MR) is 133 cm³/mol. The molecule has 0 aliphatic heterocycles. The Balaban J connectivity index is 1.66. The molecule has 0 radical (unpaired) electrons. The van der Waals surface area contributed by atoms with E-state index >= 15 is 0 Å². The van der Waals surface area contributed by atoms with Crippen LogP contribution in [0, 0.1) is 0 Å². The molecule has 5 rings (SSSR count). The fraction of sp³-hybridized carbons (Fsp3) is 0.0800. The number of aromatic nitrogens is 5. The van der Waals surface area contributed by atoms with E-state index in [1.807, 2.05) is 0 Å². The van der Waals surface area contributed by atoms with Crippen molar-refractivity contribution < 1.29 is 18.0 Å². The van der Waals surface area contributed by atoms with Crippen LogP contribution in [0.25, 0.3) is 38.7 Å². The molecule has 2 aromatic carbocycles. The molecule has 0 saturated heterocycles. The smallest absolute Gasteiger partial charge is 0.382 e. The van der Waals surface area contributed by atoms with Crippen LogP contribution < -0.4 is 16.6 Å². The summed E-state index contributed by atoms with van der Waals surface area (Å²) in [6, 6.07) is 13.1. The van der Waals surface area contributed by atoms with E-state index in [0.717, 1.165) is 12.3 Å². The molecule has 3 aromatic heterocycles. The number of alkyl halides is 3. The second-order valence-corrected chi connectivity index (χ2v) is 8.14. The van der Waals surface area contributed by atoms with Gasteiger partial charge in [-0.25, -0.2) is 4.98 Å². The third-order valence-corrected chi connectivity index (χ3v) is 5.70. The molecule has 1 amide bonds. The molecule has 0 atom stereocenters. The Hall–Kier alpha value is -5.00. The third kappa shape index (κ3) is 4.51. The van der Waals surface area contributed by atoms with Gasteiger partial charge in [-0.15, -0.1) is 14.8 Å². The van der Waals surface area contributed by atoms with Gasteiger partial charge >= 0.3 is 6.18 Å². The van der Waals surface area contributed by atoms with Crippen molar-refractivity contribution in [2.75, 3.05) is 11.1 Å². The standard InChI is InChI=1S/C25H18F3N7O2/c1-2-19(36)32-17-6-3-14(4-7-17)21-20(22-23(29)30-13-31-35(22)33-21)16-5-8-18-15(11-16)9-10-34(24(18)37)12-25(26,27)28/h2-11,13H,1,12H2,(H,32,36)(H2,29,30,31). The van der Waals surface area contributed by atoms with E-state index in [1.165, 1.54) is 23.1 Å². The molecule has 5 aromatic rings. The summed E-state index contributed by atoms with van der Waals surface area (Å²) in [5.74, 6) is -0.186. The molecule has 37 heavy (non-hydrogen) atoms. The van der Waals surface area contributed by atoms with Gasteiger partial charge in [-0.05, 0) is 47.4 Å². The number of nitrogens with two attached hydrogens (primary N) is 1. The number of carbonyl (C=O) groups is 1. The number of hydrogen-bond donors (Lipinski definition) is 2. The lowest BCUT2D eigenvalue weighted by molar-refractivity contribution is -0.141. The highest BCUT2D eigenvalue weighted by molar-refractivity contribution is 6.00. The van der Waals surface area contributed by atoms with Crippen LogP contribution in [0.5, 0.6) is 0 Å². The molecule has 12 heteroatoms. The molecule has 0 fully saturated rings. The van der Waals surface area contributed by atoms with Crippen LogP contribution in [0.15, 0.2) is 78.5 Å². The van der Waals surface area contributed by atoms with Gasteiger partial charge in [-0.2, -0.15) is 13.2 Å². The van der Waals surface area contributed by atoms with Gasteiger partial charge in [-0.1, -0.05) is 24.8 Å². The molecule has 0 bridgehead atoms. The van der Waals surface area contributed by atoms with Gasteiger partial charge in [0.25, 0.3) is 5.56 Å². The minimum Gasteiger partial charge on any atom is -0.382 e. The molecule has 3 N–H and O–H groups in total. The van der Waals surface area contributed by atoms with Crippen LogP contribution in [0.3, 0.4) is 0 Å². The van der Waals surface area contributed by atoms with E-state index in [2.05, 4.69) is 27.1 Å². The minimum atomic E-state index is -4.52. The SMILES string of the molecule is C=CC(=O)Nc1ccc(-c2nn3ncnc(N)c3c2-c2ccc3c(=O)n(CC(F)(F)F)ccc3c2)cc1. The highest BCUT2D eigenvalue weighted by Gasteiger charge is 2.28. The molecule has 0 spiro atoms. The summed E-state index contributed by atoms with van der Waals surface area (Å²) in [4.78, 5) is 28.3. The Morgan fingerprint density at radius 2 is 1.84 bits per heavy atom. The van der Waals surface area contributed by atoms with Crippen molar-refractivity contribution in [3.05, 3.63) is 84.1 Å². The van der Waals surface area contributed by atoms with Gasteiger partial charge < -0.3 is 15.6 Å². The Morgan fingerprint density at radius 1 is 1.11 bits per heavy atom. The summed E-state index contributed by atoms with van der Waals surface area (Å²) in [7, 11) is 0. The van der Waals surface area contributed by atoms with Crippen molar-refractivity contribution in [1.29, 1.82) is 0 Å². The lowest BCUT2D eigenvalue weighted by Gasteiger charge is -2.11. The van der Waals surface area contributed by atoms with Crippen LogP contribution in [0.1, 0.15) is 0 Å². The van der Waals surface area contributed by atoms with Gasteiger partial charge in [0.15, 0.2) is 5.82 Å². The molecule has 3 heterocycles. The van der Waals surface area contributed by atoms with E-state index in [-0.39, 0.29) is 17.1 Å². The van der Waals surface area contributed by atoms with Crippen LogP contribution in [0.2, 0.25) is 0 Å². The zero-order valence-corrected chi connectivity index (χ0v) is 19.0. The van der Waals surface area contributed by atoms with Gasteiger partial charge in [0.2, 0.25) is 5.91 Å². The number of nitrogens with one attached hydrogen (secondary N) is 1.